The Labute approximate surface area is 107 Å². The van der Waals surface area contributed by atoms with Crippen LogP contribution in [-0.4, -0.2) is 16.5 Å². The van der Waals surface area contributed by atoms with Crippen molar-refractivity contribution >= 4 is 0 Å². The third-order valence-corrected chi connectivity index (χ3v) is 3.73. The van der Waals surface area contributed by atoms with E-state index in [9.17, 15) is 0 Å². The normalized spacial score (nSPS) is 14.3. The van der Waals surface area contributed by atoms with E-state index in [1.807, 2.05) is 0 Å². The van der Waals surface area contributed by atoms with Crippen molar-refractivity contribution in [2.75, 3.05) is 6.54 Å². The molecule has 0 aliphatic carbocycles. The second kappa shape index (κ2) is 4.50. The van der Waals surface area contributed by atoms with E-state index >= 15 is 0 Å². The van der Waals surface area contributed by atoms with E-state index in [-0.39, 0.29) is 0 Å². The molecule has 0 fully saturated rings. The Balaban J connectivity index is 2.20. The Morgan fingerprint density at radius 2 is 2.06 bits per heavy atom. The fourth-order valence-electron chi connectivity index (χ4n) is 2.51. The number of rotatable bonds is 1. The lowest BCUT2D eigenvalue weighted by Gasteiger charge is -2.19. The molecule has 0 radical (unpaired) electrons. The molecule has 1 aliphatic rings. The number of fused-ring (bicyclic) bond motifs is 1. The van der Waals surface area contributed by atoms with Gasteiger partial charge in [-0.2, -0.15) is 0 Å². The van der Waals surface area contributed by atoms with Crippen LogP contribution in [0.15, 0.2) is 24.5 Å². The summed E-state index contributed by atoms with van der Waals surface area (Å²) in [7, 11) is 0. The van der Waals surface area contributed by atoms with Crippen LogP contribution in [0, 0.1) is 13.8 Å². The molecule has 0 unspecified atom stereocenters. The summed E-state index contributed by atoms with van der Waals surface area (Å²) in [5, 5.41) is 3.41. The molecule has 0 atom stereocenters. The van der Waals surface area contributed by atoms with E-state index in [4.69, 9.17) is 0 Å². The SMILES string of the molecule is Cc1cccc(-c2ncnc3c2CNCC3)c1C. The predicted molar refractivity (Wildman–Crippen MR) is 72.4 cm³/mol. The summed E-state index contributed by atoms with van der Waals surface area (Å²) in [5.41, 5.74) is 7.40. The molecule has 1 aromatic carbocycles. The predicted octanol–water partition coefficient (Wildman–Crippen LogP) is 2.41. The Kier molecular flexibility index (Phi) is 2.84. The van der Waals surface area contributed by atoms with Gasteiger partial charge in [0, 0.05) is 30.6 Å². The van der Waals surface area contributed by atoms with E-state index in [2.05, 4.69) is 47.3 Å². The molecule has 1 aromatic heterocycles. The molecule has 0 bridgehead atoms. The molecule has 0 amide bonds. The minimum absolute atomic E-state index is 0.874. The van der Waals surface area contributed by atoms with Crippen LogP contribution in [-0.2, 0) is 13.0 Å². The highest BCUT2D eigenvalue weighted by Gasteiger charge is 2.17. The maximum atomic E-state index is 4.51. The van der Waals surface area contributed by atoms with Crippen molar-refractivity contribution in [1.29, 1.82) is 0 Å². The number of aryl methyl sites for hydroxylation is 1. The third kappa shape index (κ3) is 1.81. The topological polar surface area (TPSA) is 37.8 Å². The Hall–Kier alpha value is -1.74. The van der Waals surface area contributed by atoms with Gasteiger partial charge in [-0.3, -0.25) is 0 Å². The summed E-state index contributed by atoms with van der Waals surface area (Å²) in [6.45, 7) is 6.19. The van der Waals surface area contributed by atoms with Gasteiger partial charge >= 0.3 is 0 Å². The van der Waals surface area contributed by atoms with Gasteiger partial charge in [0.1, 0.15) is 6.33 Å². The summed E-state index contributed by atoms with van der Waals surface area (Å²) in [4.78, 5) is 8.92. The molecule has 1 N–H and O–H groups in total. The van der Waals surface area contributed by atoms with E-state index in [0.29, 0.717) is 0 Å². The fraction of sp³-hybridized carbons (Fsp3) is 0.333. The maximum Gasteiger partial charge on any atom is 0.116 e. The van der Waals surface area contributed by atoms with Gasteiger partial charge in [-0.15, -0.1) is 0 Å². The summed E-state index contributed by atoms with van der Waals surface area (Å²) in [5.74, 6) is 0. The van der Waals surface area contributed by atoms with Gasteiger partial charge in [0.2, 0.25) is 0 Å². The number of aromatic nitrogens is 2. The van der Waals surface area contributed by atoms with Gasteiger partial charge in [-0.25, -0.2) is 9.97 Å². The average Bonchev–Trinajstić information content (AvgIpc) is 2.41. The molecule has 2 heterocycles. The summed E-state index contributed by atoms with van der Waals surface area (Å²) in [6, 6.07) is 6.40. The zero-order chi connectivity index (χ0) is 12.5. The molecular formula is C15H17N3. The Morgan fingerprint density at radius 3 is 2.94 bits per heavy atom. The van der Waals surface area contributed by atoms with Gasteiger partial charge in [-0.1, -0.05) is 18.2 Å². The molecule has 18 heavy (non-hydrogen) atoms. The summed E-state index contributed by atoms with van der Waals surface area (Å²) >= 11 is 0. The first-order valence-electron chi connectivity index (χ1n) is 6.37. The van der Waals surface area contributed by atoms with Crippen LogP contribution >= 0.6 is 0 Å². The molecule has 2 aromatic rings. The first kappa shape index (κ1) is 11.4. The lowest BCUT2D eigenvalue weighted by molar-refractivity contribution is 0.627. The minimum Gasteiger partial charge on any atom is -0.312 e. The lowest BCUT2D eigenvalue weighted by Crippen LogP contribution is -2.25. The van der Waals surface area contributed by atoms with Crippen LogP contribution < -0.4 is 5.32 Å². The first-order chi connectivity index (χ1) is 8.77. The van der Waals surface area contributed by atoms with E-state index in [1.54, 1.807) is 6.33 Å². The quantitative estimate of drug-likeness (QED) is 0.830. The molecule has 0 saturated carbocycles. The molecule has 3 heteroatoms. The van der Waals surface area contributed by atoms with Crippen molar-refractivity contribution in [3.8, 4) is 11.3 Å². The van der Waals surface area contributed by atoms with Gasteiger partial charge < -0.3 is 5.32 Å². The summed E-state index contributed by atoms with van der Waals surface area (Å²) < 4.78 is 0. The van der Waals surface area contributed by atoms with E-state index in [1.165, 1.54) is 27.9 Å². The number of nitrogens with one attached hydrogen (secondary N) is 1. The van der Waals surface area contributed by atoms with Gasteiger partial charge in [0.05, 0.1) is 11.4 Å². The Bertz CT molecular complexity index is 590. The van der Waals surface area contributed by atoms with E-state index in [0.717, 1.165) is 25.2 Å². The van der Waals surface area contributed by atoms with Crippen LogP contribution in [0.4, 0.5) is 0 Å². The zero-order valence-electron chi connectivity index (χ0n) is 10.8. The van der Waals surface area contributed by atoms with Crippen molar-refractivity contribution in [2.45, 2.75) is 26.8 Å². The second-order valence-corrected chi connectivity index (χ2v) is 4.82. The third-order valence-electron chi connectivity index (χ3n) is 3.73. The Morgan fingerprint density at radius 1 is 1.17 bits per heavy atom. The minimum atomic E-state index is 0.874. The molecule has 92 valence electrons. The van der Waals surface area contributed by atoms with Crippen LogP contribution in [0.25, 0.3) is 11.3 Å². The molecule has 1 aliphatic heterocycles. The van der Waals surface area contributed by atoms with Gasteiger partial charge in [0.15, 0.2) is 0 Å². The van der Waals surface area contributed by atoms with Crippen molar-refractivity contribution in [3.63, 3.8) is 0 Å². The van der Waals surface area contributed by atoms with Crippen molar-refractivity contribution < 1.29 is 0 Å². The van der Waals surface area contributed by atoms with E-state index < -0.39 is 0 Å². The summed E-state index contributed by atoms with van der Waals surface area (Å²) in [6.07, 6.45) is 2.69. The number of nitrogens with zero attached hydrogens (tertiary/aromatic N) is 2. The molecular weight excluding hydrogens is 222 g/mol. The van der Waals surface area contributed by atoms with Gasteiger partial charge in [0.25, 0.3) is 0 Å². The standard InChI is InChI=1S/C15H17N3/c1-10-4-3-5-12(11(10)2)15-13-8-16-7-6-14(13)17-9-18-15/h3-5,9,16H,6-8H2,1-2H3. The number of hydrogen-bond acceptors (Lipinski definition) is 3. The number of benzene rings is 1. The highest BCUT2D eigenvalue weighted by molar-refractivity contribution is 5.68. The largest absolute Gasteiger partial charge is 0.312 e. The van der Waals surface area contributed by atoms with Crippen LogP contribution in [0.5, 0.6) is 0 Å². The van der Waals surface area contributed by atoms with Crippen molar-refractivity contribution in [1.82, 2.24) is 15.3 Å². The van der Waals surface area contributed by atoms with Crippen LogP contribution in [0.1, 0.15) is 22.4 Å². The molecule has 0 saturated heterocycles. The molecule has 3 nitrogen and oxygen atoms in total. The fourth-order valence-corrected chi connectivity index (χ4v) is 2.51. The zero-order valence-corrected chi connectivity index (χ0v) is 10.8. The average molecular weight is 239 g/mol. The monoisotopic (exact) mass is 239 g/mol. The first-order valence-corrected chi connectivity index (χ1v) is 6.37. The van der Waals surface area contributed by atoms with Crippen molar-refractivity contribution in [3.05, 3.63) is 46.9 Å². The second-order valence-electron chi connectivity index (χ2n) is 4.82. The lowest BCUT2D eigenvalue weighted by atomic mass is 9.95. The van der Waals surface area contributed by atoms with Gasteiger partial charge in [-0.05, 0) is 25.0 Å². The highest BCUT2D eigenvalue weighted by atomic mass is 14.9. The smallest absolute Gasteiger partial charge is 0.116 e. The number of hydrogen-bond donors (Lipinski definition) is 1. The highest BCUT2D eigenvalue weighted by Crippen LogP contribution is 2.28. The van der Waals surface area contributed by atoms with Crippen molar-refractivity contribution in [2.24, 2.45) is 0 Å². The maximum absolute atomic E-state index is 4.51. The van der Waals surface area contributed by atoms with Crippen LogP contribution in [0.3, 0.4) is 0 Å². The molecule has 0 spiro atoms. The molecule has 3 rings (SSSR count). The van der Waals surface area contributed by atoms with Crippen LogP contribution in [0.2, 0.25) is 0 Å².